The van der Waals surface area contributed by atoms with Gasteiger partial charge in [0.1, 0.15) is 17.2 Å². The number of aryl methyl sites for hydroxylation is 1. The highest BCUT2D eigenvalue weighted by molar-refractivity contribution is 5.81. The summed E-state index contributed by atoms with van der Waals surface area (Å²) in [6, 6.07) is 13.2. The molecule has 1 amide bonds. The molecule has 0 bridgehead atoms. The lowest BCUT2D eigenvalue weighted by Gasteiger charge is -2.23. The van der Waals surface area contributed by atoms with Gasteiger partial charge in [0.2, 0.25) is 0 Å². The highest BCUT2D eigenvalue weighted by atomic mass is 16.5. The number of carbonyl (C=O) groups excluding carboxylic acids is 1. The number of amides is 1. The third-order valence-corrected chi connectivity index (χ3v) is 4.53. The van der Waals surface area contributed by atoms with Gasteiger partial charge in [0.25, 0.3) is 5.91 Å². The van der Waals surface area contributed by atoms with Gasteiger partial charge >= 0.3 is 0 Å². The van der Waals surface area contributed by atoms with Gasteiger partial charge in [-0.3, -0.25) is 4.79 Å². The first-order valence-electron chi connectivity index (χ1n) is 9.27. The molecule has 0 fully saturated rings. The quantitative estimate of drug-likeness (QED) is 0.708. The maximum atomic E-state index is 12.8. The number of ether oxygens (including phenoxy) is 3. The zero-order valence-electron chi connectivity index (χ0n) is 16.7. The minimum atomic E-state index is -0.564. The van der Waals surface area contributed by atoms with Gasteiger partial charge in [-0.15, -0.1) is 0 Å². The van der Waals surface area contributed by atoms with Gasteiger partial charge in [-0.1, -0.05) is 32.0 Å². The number of hydrogen-bond donors (Lipinski definition) is 1. The molecule has 2 aromatic rings. The van der Waals surface area contributed by atoms with E-state index in [9.17, 15) is 4.79 Å². The van der Waals surface area contributed by atoms with Crippen LogP contribution in [0.2, 0.25) is 0 Å². The number of methoxy groups -OCH3 is 2. The molecule has 0 saturated heterocycles. The minimum Gasteiger partial charge on any atom is -0.497 e. The van der Waals surface area contributed by atoms with Gasteiger partial charge in [0.05, 0.1) is 20.3 Å². The Kier molecular flexibility index (Phi) is 7.53. The molecule has 0 aliphatic rings. The summed E-state index contributed by atoms with van der Waals surface area (Å²) in [6.07, 6.45) is 0.791. The Balaban J connectivity index is 2.10. The average molecular weight is 371 g/mol. The first-order chi connectivity index (χ1) is 13.0. The van der Waals surface area contributed by atoms with Crippen LogP contribution in [0.25, 0.3) is 0 Å². The first-order valence-corrected chi connectivity index (χ1v) is 9.27. The largest absolute Gasteiger partial charge is 0.497 e. The van der Waals surface area contributed by atoms with Crippen LogP contribution in [0.4, 0.5) is 0 Å². The second kappa shape index (κ2) is 9.86. The highest BCUT2D eigenvalue weighted by Crippen LogP contribution is 2.25. The summed E-state index contributed by atoms with van der Waals surface area (Å²) in [5.41, 5.74) is 2.10. The van der Waals surface area contributed by atoms with Crippen molar-refractivity contribution in [3.8, 4) is 17.2 Å². The molecule has 5 heteroatoms. The van der Waals surface area contributed by atoms with E-state index in [4.69, 9.17) is 14.2 Å². The summed E-state index contributed by atoms with van der Waals surface area (Å²) in [7, 11) is 3.26. The fraction of sp³-hybridized carbons (Fsp3) is 0.409. The van der Waals surface area contributed by atoms with E-state index in [0.717, 1.165) is 23.3 Å². The zero-order valence-corrected chi connectivity index (χ0v) is 16.7. The van der Waals surface area contributed by atoms with Crippen molar-refractivity contribution in [3.63, 3.8) is 0 Å². The first kappa shape index (κ1) is 20.6. The molecule has 1 N–H and O–H groups in total. The van der Waals surface area contributed by atoms with E-state index >= 15 is 0 Å². The minimum absolute atomic E-state index is 0.0786. The van der Waals surface area contributed by atoms with Crippen LogP contribution in [0.5, 0.6) is 17.2 Å². The van der Waals surface area contributed by atoms with Crippen molar-refractivity contribution in [1.29, 1.82) is 0 Å². The Labute approximate surface area is 161 Å². The number of nitrogens with one attached hydrogen (secondary N) is 1. The van der Waals surface area contributed by atoms with Crippen molar-refractivity contribution in [2.45, 2.75) is 45.8 Å². The zero-order chi connectivity index (χ0) is 19.8. The van der Waals surface area contributed by atoms with E-state index in [0.29, 0.717) is 17.9 Å². The van der Waals surface area contributed by atoms with Crippen molar-refractivity contribution in [2.24, 2.45) is 0 Å². The lowest BCUT2D eigenvalue weighted by Crippen LogP contribution is -2.40. The fourth-order valence-electron chi connectivity index (χ4n) is 2.97. The van der Waals surface area contributed by atoms with Gasteiger partial charge in [-0.25, -0.2) is 0 Å². The molecule has 0 heterocycles. The molecule has 2 rings (SSSR count). The lowest BCUT2D eigenvalue weighted by atomic mass is 10.0. The van der Waals surface area contributed by atoms with Gasteiger partial charge in [0.15, 0.2) is 6.10 Å². The third-order valence-electron chi connectivity index (χ3n) is 4.53. The SMILES string of the molecule is CCC(Oc1cccc(OC)c1)C(=O)NC(CC)c1ccc(OC)c(C)c1. The summed E-state index contributed by atoms with van der Waals surface area (Å²) < 4.78 is 16.4. The Morgan fingerprint density at radius 3 is 2.33 bits per heavy atom. The molecule has 2 atom stereocenters. The van der Waals surface area contributed by atoms with Crippen molar-refractivity contribution in [1.82, 2.24) is 5.32 Å². The van der Waals surface area contributed by atoms with Crippen LogP contribution in [0.3, 0.4) is 0 Å². The van der Waals surface area contributed by atoms with Gasteiger partial charge < -0.3 is 19.5 Å². The van der Waals surface area contributed by atoms with Crippen LogP contribution in [-0.2, 0) is 4.79 Å². The summed E-state index contributed by atoms with van der Waals surface area (Å²) in [6.45, 7) is 5.98. The van der Waals surface area contributed by atoms with Crippen LogP contribution in [0.1, 0.15) is 43.9 Å². The standard InChI is InChI=1S/C22H29NO4/c1-6-19(16-11-12-21(26-5)15(3)13-16)23-22(24)20(7-2)27-18-10-8-9-17(14-18)25-4/h8-14,19-20H,6-7H2,1-5H3,(H,23,24). The number of rotatable bonds is 9. The molecule has 146 valence electrons. The molecule has 2 aromatic carbocycles. The highest BCUT2D eigenvalue weighted by Gasteiger charge is 2.22. The Morgan fingerprint density at radius 1 is 1.00 bits per heavy atom. The van der Waals surface area contributed by atoms with Crippen LogP contribution >= 0.6 is 0 Å². The van der Waals surface area contributed by atoms with Gasteiger partial charge in [-0.2, -0.15) is 0 Å². The van der Waals surface area contributed by atoms with Crippen molar-refractivity contribution in [2.75, 3.05) is 14.2 Å². The molecular weight excluding hydrogens is 342 g/mol. The number of carbonyl (C=O) groups is 1. The number of benzene rings is 2. The van der Waals surface area contributed by atoms with Crippen molar-refractivity contribution >= 4 is 5.91 Å². The molecule has 0 saturated carbocycles. The molecule has 2 unspecified atom stereocenters. The van der Waals surface area contributed by atoms with E-state index in [1.54, 1.807) is 20.3 Å². The normalized spacial score (nSPS) is 12.8. The maximum Gasteiger partial charge on any atom is 0.261 e. The summed E-state index contributed by atoms with van der Waals surface area (Å²) >= 11 is 0. The van der Waals surface area contributed by atoms with Crippen LogP contribution in [0.15, 0.2) is 42.5 Å². The molecule has 0 aliphatic carbocycles. The molecule has 0 aliphatic heterocycles. The van der Waals surface area contributed by atoms with Gasteiger partial charge in [0, 0.05) is 6.07 Å². The fourth-order valence-corrected chi connectivity index (χ4v) is 2.97. The predicted octanol–water partition coefficient (Wildman–Crippen LogP) is 4.44. The number of hydrogen-bond acceptors (Lipinski definition) is 4. The maximum absolute atomic E-state index is 12.8. The van der Waals surface area contributed by atoms with E-state index in [-0.39, 0.29) is 11.9 Å². The Bertz CT molecular complexity index is 760. The second-order valence-corrected chi connectivity index (χ2v) is 6.39. The Morgan fingerprint density at radius 2 is 1.74 bits per heavy atom. The van der Waals surface area contributed by atoms with Crippen LogP contribution < -0.4 is 19.5 Å². The topological polar surface area (TPSA) is 56.8 Å². The molecule has 0 radical (unpaired) electrons. The molecule has 0 spiro atoms. The van der Waals surface area contributed by atoms with E-state index in [2.05, 4.69) is 11.4 Å². The molecule has 27 heavy (non-hydrogen) atoms. The van der Waals surface area contributed by atoms with Crippen molar-refractivity contribution < 1.29 is 19.0 Å². The summed E-state index contributed by atoms with van der Waals surface area (Å²) in [5.74, 6) is 2.03. The van der Waals surface area contributed by atoms with Crippen LogP contribution in [-0.4, -0.2) is 26.2 Å². The van der Waals surface area contributed by atoms with E-state index in [1.807, 2.05) is 51.1 Å². The molecular formula is C22H29NO4. The summed E-state index contributed by atoms with van der Waals surface area (Å²) in [4.78, 5) is 12.8. The third kappa shape index (κ3) is 5.39. The van der Waals surface area contributed by atoms with Crippen LogP contribution in [0, 0.1) is 6.92 Å². The molecule has 5 nitrogen and oxygen atoms in total. The summed E-state index contributed by atoms with van der Waals surface area (Å²) in [5, 5.41) is 3.11. The van der Waals surface area contributed by atoms with E-state index < -0.39 is 6.10 Å². The lowest BCUT2D eigenvalue weighted by molar-refractivity contribution is -0.129. The predicted molar refractivity (Wildman–Crippen MR) is 107 cm³/mol. The van der Waals surface area contributed by atoms with Crippen molar-refractivity contribution in [3.05, 3.63) is 53.6 Å². The van der Waals surface area contributed by atoms with E-state index in [1.165, 1.54) is 0 Å². The smallest absolute Gasteiger partial charge is 0.261 e. The monoisotopic (exact) mass is 371 g/mol. The second-order valence-electron chi connectivity index (χ2n) is 6.39. The van der Waals surface area contributed by atoms with Gasteiger partial charge in [-0.05, 0) is 49.1 Å². The Hall–Kier alpha value is -2.69. The average Bonchev–Trinajstić information content (AvgIpc) is 2.70. The molecule has 0 aromatic heterocycles.